The topological polar surface area (TPSA) is 226 Å². The molecule has 2 rings (SSSR count). The molecule has 1 unspecified atom stereocenters. The predicted octanol–water partition coefficient (Wildman–Crippen LogP) is 0.510. The molecule has 15 heteroatoms. The third-order valence-corrected chi connectivity index (χ3v) is 5.62. The van der Waals surface area contributed by atoms with Gasteiger partial charge in [0.05, 0.1) is 13.2 Å². The van der Waals surface area contributed by atoms with Crippen molar-refractivity contribution in [3.63, 3.8) is 0 Å². The minimum absolute atomic E-state index is 0.0951. The lowest BCUT2D eigenvalue weighted by Gasteiger charge is -2.16. The lowest BCUT2D eigenvalue weighted by atomic mass is 10.1. The van der Waals surface area contributed by atoms with Crippen LogP contribution < -0.4 is 27.0 Å². The second-order valence-corrected chi connectivity index (χ2v) is 9.26. The summed E-state index contributed by atoms with van der Waals surface area (Å²) in [6, 6.07) is 5.38. The van der Waals surface area contributed by atoms with Crippen molar-refractivity contribution in [1.29, 1.82) is 0 Å². The van der Waals surface area contributed by atoms with Crippen molar-refractivity contribution in [1.82, 2.24) is 20.9 Å². The highest BCUT2D eigenvalue weighted by Gasteiger charge is 2.23. The molecule has 258 valence electrons. The number of ether oxygens (including phenoxy) is 1. The van der Waals surface area contributed by atoms with Gasteiger partial charge in [0, 0.05) is 37.7 Å². The summed E-state index contributed by atoms with van der Waals surface area (Å²) in [7, 11) is 1.96. The molecule has 0 saturated heterocycles. The van der Waals surface area contributed by atoms with E-state index in [1.807, 2.05) is 20.9 Å². The minimum atomic E-state index is -1.21. The molecule has 0 saturated carbocycles. The number of primary amides is 1. The van der Waals surface area contributed by atoms with Crippen LogP contribution in [0.4, 0.5) is 5.69 Å². The lowest BCUT2D eigenvalue weighted by Crippen LogP contribution is -2.50. The van der Waals surface area contributed by atoms with Crippen molar-refractivity contribution in [2.45, 2.75) is 72.4 Å². The Morgan fingerprint density at radius 2 is 1.59 bits per heavy atom. The minimum Gasteiger partial charge on any atom is -0.461 e. The average molecular weight is 651 g/mol. The molecule has 0 fully saturated rings. The molecular weight excluding hydrogens is 600 g/mol. The number of imide groups is 1. The van der Waals surface area contributed by atoms with Crippen LogP contribution in [0, 0.1) is 0 Å². The van der Waals surface area contributed by atoms with E-state index in [1.54, 1.807) is 24.3 Å². The summed E-state index contributed by atoms with van der Waals surface area (Å²) in [6.07, 6.45) is 5.61. The molecule has 0 aliphatic carbocycles. The Labute approximate surface area is 270 Å². The molecule has 0 bridgehead atoms. The number of aliphatic hydroxyl groups is 1. The fourth-order valence-corrected chi connectivity index (χ4v) is 3.46. The highest BCUT2D eigenvalue weighted by Crippen LogP contribution is 2.11. The number of unbranched alkanes of at least 4 members (excludes halogenated alkanes) is 2. The van der Waals surface area contributed by atoms with Crippen molar-refractivity contribution in [2.24, 2.45) is 5.73 Å². The summed E-state index contributed by atoms with van der Waals surface area (Å²) in [6.45, 7) is 7.97. The Balaban J connectivity index is 0. The first-order valence-electron chi connectivity index (χ1n) is 15.1. The van der Waals surface area contributed by atoms with E-state index in [-0.39, 0.29) is 44.3 Å². The maximum Gasteiger partial charge on any atom is 0.302 e. The molecule has 1 aromatic rings. The number of hydrogen-bond acceptors (Lipinski definition) is 10. The maximum absolute atomic E-state index is 12.2. The Kier molecular flexibility index (Phi) is 26.4. The van der Waals surface area contributed by atoms with Crippen LogP contribution in [0.15, 0.2) is 36.4 Å². The summed E-state index contributed by atoms with van der Waals surface area (Å²) in [5.41, 5.74) is 5.38. The van der Waals surface area contributed by atoms with Gasteiger partial charge in [-0.15, -0.1) is 0 Å². The van der Waals surface area contributed by atoms with Gasteiger partial charge in [0.25, 0.3) is 11.8 Å². The van der Waals surface area contributed by atoms with Gasteiger partial charge in [-0.05, 0) is 50.6 Å². The predicted molar refractivity (Wildman–Crippen MR) is 173 cm³/mol. The van der Waals surface area contributed by atoms with Crippen LogP contribution in [0.25, 0.3) is 0 Å². The third-order valence-electron chi connectivity index (χ3n) is 5.62. The molecule has 46 heavy (non-hydrogen) atoms. The SMILES string of the molecule is CC.CC(=O)OCc1ccc(NC(=O)CNC(=O)C(CO)NC(=O)CCCCCN2C(=O)C=CC2=O)cc1.CCCNC.NC=O. The van der Waals surface area contributed by atoms with Gasteiger partial charge in [0.1, 0.15) is 12.6 Å². The molecule has 1 aliphatic rings. The van der Waals surface area contributed by atoms with Gasteiger partial charge in [0.2, 0.25) is 24.1 Å². The Morgan fingerprint density at radius 1 is 1.00 bits per heavy atom. The zero-order valence-electron chi connectivity index (χ0n) is 27.4. The quantitative estimate of drug-likeness (QED) is 0.0629. The first kappa shape index (κ1) is 43.5. The number of carbonyl (C=O) groups is 7. The normalized spacial score (nSPS) is 11.7. The number of carbonyl (C=O) groups excluding carboxylic acids is 7. The highest BCUT2D eigenvalue weighted by atomic mass is 16.5. The van der Waals surface area contributed by atoms with Crippen LogP contribution in [0.5, 0.6) is 0 Å². The van der Waals surface area contributed by atoms with Crippen LogP contribution >= 0.6 is 0 Å². The standard InChI is InChI=1S/C24H30N4O8.C4H11N.C2H6.CH3NO/c1-16(30)36-15-17-6-8-18(9-7-17)26-21(32)13-25-24(35)19(14-29)27-20(31)5-3-2-4-12-28-22(33)10-11-23(28)34;1-3-4-5-2;1-2;2-1-3/h6-11,19,29H,2-5,12-15H2,1H3,(H,25,35)(H,26,32)(H,27,31);5H,3-4H2,1-2H3;1-2H3;1H,(H2,2,3). The Morgan fingerprint density at radius 3 is 2.07 bits per heavy atom. The van der Waals surface area contributed by atoms with E-state index in [9.17, 15) is 33.9 Å². The smallest absolute Gasteiger partial charge is 0.302 e. The summed E-state index contributed by atoms with van der Waals surface area (Å²) in [5, 5.41) is 19.8. The van der Waals surface area contributed by atoms with Crippen molar-refractivity contribution in [3.8, 4) is 0 Å². The van der Waals surface area contributed by atoms with Crippen molar-refractivity contribution < 1.29 is 43.4 Å². The number of rotatable bonds is 16. The first-order valence-corrected chi connectivity index (χ1v) is 15.1. The molecule has 0 spiro atoms. The molecule has 1 aliphatic heterocycles. The number of nitrogens with zero attached hydrogens (tertiary/aromatic N) is 1. The molecule has 7 N–H and O–H groups in total. The van der Waals surface area contributed by atoms with E-state index >= 15 is 0 Å². The average Bonchev–Trinajstić information content (AvgIpc) is 3.36. The second kappa shape index (κ2) is 27.9. The van der Waals surface area contributed by atoms with E-state index in [4.69, 9.17) is 9.53 Å². The van der Waals surface area contributed by atoms with Gasteiger partial charge in [-0.3, -0.25) is 38.5 Å². The number of aliphatic hydroxyl groups excluding tert-OH is 1. The van der Waals surface area contributed by atoms with E-state index in [0.717, 1.165) is 17.0 Å². The van der Waals surface area contributed by atoms with Crippen LogP contribution in [0.2, 0.25) is 0 Å². The zero-order chi connectivity index (χ0) is 35.3. The van der Waals surface area contributed by atoms with Crippen LogP contribution in [-0.2, 0) is 44.9 Å². The van der Waals surface area contributed by atoms with Gasteiger partial charge in [-0.1, -0.05) is 39.3 Å². The Hall–Kier alpha value is -4.63. The number of hydrogen-bond donors (Lipinski definition) is 6. The molecule has 0 radical (unpaired) electrons. The number of anilines is 1. The van der Waals surface area contributed by atoms with E-state index in [2.05, 4.69) is 33.9 Å². The number of nitrogens with one attached hydrogen (secondary N) is 4. The zero-order valence-corrected chi connectivity index (χ0v) is 27.4. The van der Waals surface area contributed by atoms with Gasteiger partial charge in [-0.2, -0.15) is 0 Å². The van der Waals surface area contributed by atoms with Crippen LogP contribution in [-0.4, -0.2) is 91.3 Å². The largest absolute Gasteiger partial charge is 0.461 e. The van der Waals surface area contributed by atoms with Crippen LogP contribution in [0.1, 0.15) is 65.4 Å². The monoisotopic (exact) mass is 650 g/mol. The summed E-state index contributed by atoms with van der Waals surface area (Å²) < 4.78 is 4.88. The van der Waals surface area contributed by atoms with Gasteiger partial charge < -0.3 is 36.8 Å². The first-order chi connectivity index (χ1) is 22.0. The molecule has 6 amide bonds. The number of benzene rings is 1. The molecule has 15 nitrogen and oxygen atoms in total. The summed E-state index contributed by atoms with van der Waals surface area (Å²) in [5.74, 6) is -2.77. The summed E-state index contributed by atoms with van der Waals surface area (Å²) >= 11 is 0. The molecule has 1 heterocycles. The fourth-order valence-electron chi connectivity index (χ4n) is 3.46. The molecule has 0 aromatic heterocycles. The molecule has 1 aromatic carbocycles. The second-order valence-electron chi connectivity index (χ2n) is 9.26. The van der Waals surface area contributed by atoms with Gasteiger partial charge in [-0.25, -0.2) is 0 Å². The van der Waals surface area contributed by atoms with Crippen LogP contribution in [0.3, 0.4) is 0 Å². The Bertz CT molecular complexity index is 1090. The van der Waals surface area contributed by atoms with Gasteiger partial charge >= 0.3 is 5.97 Å². The molecular formula is C31H50N6O9. The van der Waals surface area contributed by atoms with Crippen molar-refractivity contribution in [3.05, 3.63) is 42.0 Å². The third kappa shape index (κ3) is 21.1. The summed E-state index contributed by atoms with van der Waals surface area (Å²) in [4.78, 5) is 79.9. The van der Waals surface area contributed by atoms with E-state index in [0.29, 0.717) is 24.9 Å². The van der Waals surface area contributed by atoms with E-state index in [1.165, 1.54) is 25.5 Å². The maximum atomic E-state index is 12.2. The highest BCUT2D eigenvalue weighted by molar-refractivity contribution is 6.12. The fraction of sp³-hybridized carbons (Fsp3) is 0.516. The number of amides is 6. The van der Waals surface area contributed by atoms with Crippen molar-refractivity contribution in [2.75, 3.05) is 38.6 Å². The molecule has 1 atom stereocenters. The lowest BCUT2D eigenvalue weighted by molar-refractivity contribution is -0.142. The van der Waals surface area contributed by atoms with E-state index < -0.39 is 36.3 Å². The van der Waals surface area contributed by atoms with Crippen molar-refractivity contribution >= 4 is 47.6 Å². The number of esters is 1. The van der Waals surface area contributed by atoms with Gasteiger partial charge in [0.15, 0.2) is 0 Å². The number of nitrogens with two attached hydrogens (primary N) is 1.